The molecule has 0 unspecified atom stereocenters. The van der Waals surface area contributed by atoms with Gasteiger partial charge in [-0.05, 0) is 64.7 Å². The molecule has 0 spiro atoms. The fourth-order valence-electron chi connectivity index (χ4n) is 10.6. The van der Waals surface area contributed by atoms with Gasteiger partial charge < -0.3 is 38.5 Å². The van der Waals surface area contributed by atoms with E-state index in [1.165, 1.54) is 180 Å². The molecule has 0 radical (unpaired) electrons. The van der Waals surface area contributed by atoms with Crippen LogP contribution in [0.1, 0.15) is 297 Å². The van der Waals surface area contributed by atoms with E-state index >= 15 is 0 Å². The third-order valence-electron chi connectivity index (χ3n) is 15.9. The third kappa shape index (κ3) is 50.7. The van der Waals surface area contributed by atoms with Gasteiger partial charge in [0.05, 0.1) is 52.1 Å². The number of carbonyl (C=O) groups excluding carboxylic acids is 4. The van der Waals surface area contributed by atoms with Gasteiger partial charge in [0.25, 0.3) is 0 Å². The van der Waals surface area contributed by atoms with Crippen molar-refractivity contribution in [1.29, 1.82) is 0 Å². The summed E-state index contributed by atoms with van der Waals surface area (Å²) in [6.45, 7) is 21.0. The second-order valence-corrected chi connectivity index (χ2v) is 23.3. The summed E-state index contributed by atoms with van der Waals surface area (Å²) in [6, 6.07) is 0. The van der Waals surface area contributed by atoms with Crippen LogP contribution < -0.4 is 0 Å². The number of piperazine rings is 1. The maximum absolute atomic E-state index is 12.8. The third-order valence-corrected chi connectivity index (χ3v) is 15.9. The fourth-order valence-corrected chi connectivity index (χ4v) is 10.6. The summed E-state index contributed by atoms with van der Waals surface area (Å²) in [4.78, 5) is 60.9. The number of hydrogen-bond donors (Lipinski definition) is 0. The monoisotopic (exact) mass is 1100 g/mol. The van der Waals surface area contributed by atoms with Crippen molar-refractivity contribution >= 4 is 23.9 Å². The first-order valence-corrected chi connectivity index (χ1v) is 33.8. The lowest BCUT2D eigenvalue weighted by Gasteiger charge is -2.35. The maximum Gasteiger partial charge on any atom is 0.307 e. The number of rotatable bonds is 60. The van der Waals surface area contributed by atoms with Crippen LogP contribution in [0.2, 0.25) is 0 Å². The van der Waals surface area contributed by atoms with E-state index in [1.54, 1.807) is 0 Å². The van der Waals surface area contributed by atoms with Gasteiger partial charge in [0.1, 0.15) is 0 Å². The number of unbranched alkanes of at least 4 members (excludes halogenated alkanes) is 32. The Morgan fingerprint density at radius 3 is 0.667 bits per heavy atom. The second kappa shape index (κ2) is 57.9. The summed E-state index contributed by atoms with van der Waals surface area (Å²) >= 11 is 0. The van der Waals surface area contributed by atoms with Crippen molar-refractivity contribution in [2.24, 2.45) is 0 Å². The van der Waals surface area contributed by atoms with Crippen molar-refractivity contribution in [1.82, 2.24) is 19.6 Å². The first-order valence-electron chi connectivity index (χ1n) is 33.8. The van der Waals surface area contributed by atoms with Crippen molar-refractivity contribution in [3.8, 4) is 0 Å². The van der Waals surface area contributed by atoms with E-state index in [9.17, 15) is 19.2 Å². The Morgan fingerprint density at radius 2 is 0.462 bits per heavy atom. The van der Waals surface area contributed by atoms with Gasteiger partial charge in [0.15, 0.2) is 0 Å². The molecule has 0 amide bonds. The number of esters is 4. The van der Waals surface area contributed by atoms with Crippen LogP contribution in [-0.4, -0.2) is 148 Å². The average molecular weight is 1110 g/mol. The van der Waals surface area contributed by atoms with Crippen LogP contribution in [0.5, 0.6) is 0 Å². The van der Waals surface area contributed by atoms with Gasteiger partial charge in [-0.3, -0.25) is 19.2 Å². The van der Waals surface area contributed by atoms with Crippen molar-refractivity contribution in [2.75, 3.05) is 105 Å². The summed E-state index contributed by atoms with van der Waals surface area (Å²) in [5, 5.41) is 0. The number of carbonyl (C=O) groups is 4. The van der Waals surface area contributed by atoms with Crippen LogP contribution in [0.3, 0.4) is 0 Å². The van der Waals surface area contributed by atoms with Crippen molar-refractivity contribution in [3.63, 3.8) is 0 Å². The van der Waals surface area contributed by atoms with Crippen LogP contribution in [0, 0.1) is 0 Å². The van der Waals surface area contributed by atoms with E-state index in [1.807, 2.05) is 0 Å². The number of hydrogen-bond acceptors (Lipinski definition) is 12. The Labute approximate surface area is 482 Å². The molecule has 1 heterocycles. The van der Waals surface area contributed by atoms with E-state index in [2.05, 4.69) is 47.3 Å². The molecule has 12 nitrogen and oxygen atoms in total. The summed E-state index contributed by atoms with van der Waals surface area (Å²) in [7, 11) is 0. The summed E-state index contributed by atoms with van der Waals surface area (Å²) < 4.78 is 22.6. The molecule has 0 aromatic heterocycles. The first-order chi connectivity index (χ1) is 38.3. The maximum atomic E-state index is 12.8. The molecular formula is C66H128N4O8. The fraction of sp³-hybridized carbons (Fsp3) is 0.939. The number of ether oxygens (including phenoxy) is 4. The van der Waals surface area contributed by atoms with Gasteiger partial charge in [-0.2, -0.15) is 0 Å². The largest absolute Gasteiger partial charge is 0.466 e. The van der Waals surface area contributed by atoms with Gasteiger partial charge in [-0.1, -0.05) is 233 Å². The zero-order valence-corrected chi connectivity index (χ0v) is 52.1. The minimum absolute atomic E-state index is 0.143. The van der Waals surface area contributed by atoms with E-state index in [4.69, 9.17) is 18.9 Å². The molecule has 0 bridgehead atoms. The lowest BCUT2D eigenvalue weighted by atomic mass is 10.1. The van der Waals surface area contributed by atoms with Crippen LogP contribution in [0.4, 0.5) is 0 Å². The molecule has 1 aliphatic rings. The van der Waals surface area contributed by atoms with Gasteiger partial charge in [-0.25, -0.2) is 0 Å². The molecule has 0 N–H and O–H groups in total. The highest BCUT2D eigenvalue weighted by Crippen LogP contribution is 2.15. The van der Waals surface area contributed by atoms with Crippen LogP contribution in [0.15, 0.2) is 0 Å². The summed E-state index contributed by atoms with van der Waals surface area (Å²) in [6.07, 6.45) is 47.8. The Morgan fingerprint density at radius 1 is 0.269 bits per heavy atom. The van der Waals surface area contributed by atoms with Gasteiger partial charge in [0.2, 0.25) is 0 Å². The Hall–Kier alpha value is -2.28. The van der Waals surface area contributed by atoms with Crippen molar-refractivity contribution in [3.05, 3.63) is 0 Å². The smallest absolute Gasteiger partial charge is 0.307 e. The molecular weight excluding hydrogens is 977 g/mol. The van der Waals surface area contributed by atoms with Crippen LogP contribution in [0.25, 0.3) is 0 Å². The molecule has 12 heteroatoms. The first kappa shape index (κ1) is 73.7. The highest BCUT2D eigenvalue weighted by atomic mass is 16.5. The van der Waals surface area contributed by atoms with Gasteiger partial charge >= 0.3 is 23.9 Å². The molecule has 1 rings (SSSR count). The molecule has 0 aromatic carbocycles. The molecule has 0 aliphatic carbocycles. The SMILES string of the molecule is CCCCCCCCCCCOC(=O)CCN(CCCN1CCN(CCCN(CCC(=O)OCCCCCCCCCCC)CCC(=O)OCCCCCCCCCCC)CC1)CCC(=O)OCCCCCCCCCCC. The second-order valence-electron chi connectivity index (χ2n) is 23.3. The quantitative estimate of drug-likeness (QED) is 0.0328. The molecule has 1 fully saturated rings. The minimum atomic E-state index is -0.143. The predicted molar refractivity (Wildman–Crippen MR) is 326 cm³/mol. The van der Waals surface area contributed by atoms with Crippen molar-refractivity contribution < 1.29 is 38.1 Å². The Balaban J connectivity index is 2.56. The van der Waals surface area contributed by atoms with E-state index in [-0.39, 0.29) is 23.9 Å². The Bertz CT molecular complexity index is 1150. The molecule has 1 saturated heterocycles. The predicted octanol–water partition coefficient (Wildman–Crippen LogP) is 15.8. The highest BCUT2D eigenvalue weighted by molar-refractivity contribution is 5.71. The normalized spacial score (nSPS) is 13.2. The Kier molecular flexibility index (Phi) is 54.8. The van der Waals surface area contributed by atoms with E-state index in [0.717, 1.165) is 117 Å². The minimum Gasteiger partial charge on any atom is -0.466 e. The highest BCUT2D eigenvalue weighted by Gasteiger charge is 2.19. The topological polar surface area (TPSA) is 118 Å². The zero-order chi connectivity index (χ0) is 56.5. The van der Waals surface area contributed by atoms with Gasteiger partial charge in [-0.15, -0.1) is 0 Å². The van der Waals surface area contributed by atoms with Crippen LogP contribution in [-0.2, 0) is 38.1 Å². The lowest BCUT2D eigenvalue weighted by Crippen LogP contribution is -2.47. The standard InChI is InChI=1S/C66H128N4O8/c1-5-9-13-17-21-25-29-33-37-59-75-63(71)43-51-67(52-44-64(72)76-60-38-34-30-26-22-18-14-10-6-2)47-41-49-69-55-57-70(58-56-69)50-42-48-68(53-45-65(73)77-61-39-35-31-27-23-19-15-11-7-3)54-46-66(74)78-62-40-36-32-28-24-20-16-12-8-4/h5-62H2,1-4H3. The zero-order valence-electron chi connectivity index (χ0n) is 52.1. The van der Waals surface area contributed by atoms with Crippen molar-refractivity contribution in [2.45, 2.75) is 297 Å². The van der Waals surface area contributed by atoms with Crippen LogP contribution >= 0.6 is 0 Å². The lowest BCUT2D eigenvalue weighted by molar-refractivity contribution is -0.146. The van der Waals surface area contributed by atoms with E-state index in [0.29, 0.717) is 78.3 Å². The molecule has 0 atom stereocenters. The molecule has 0 aromatic rings. The van der Waals surface area contributed by atoms with Gasteiger partial charge in [0, 0.05) is 52.4 Å². The summed E-state index contributed by atoms with van der Waals surface area (Å²) in [5.41, 5.74) is 0. The molecule has 1 aliphatic heterocycles. The summed E-state index contributed by atoms with van der Waals surface area (Å²) in [5.74, 6) is -0.571. The average Bonchev–Trinajstić information content (AvgIpc) is 3.44. The number of nitrogens with zero attached hydrogens (tertiary/aromatic N) is 4. The molecule has 0 saturated carbocycles. The van der Waals surface area contributed by atoms with E-state index < -0.39 is 0 Å². The molecule has 460 valence electrons. The molecule has 78 heavy (non-hydrogen) atoms.